The second kappa shape index (κ2) is 6.74. The highest BCUT2D eigenvalue weighted by molar-refractivity contribution is 5.82. The van der Waals surface area contributed by atoms with Crippen LogP contribution < -0.4 is 10.3 Å². The molecule has 1 aliphatic rings. The summed E-state index contributed by atoms with van der Waals surface area (Å²) in [5.74, 6) is 0.938. The molecule has 1 unspecified atom stereocenters. The average molecular weight is 353 g/mol. The first-order chi connectivity index (χ1) is 12.3. The Kier molecular flexibility index (Phi) is 4.63. The molecule has 1 aromatic heterocycles. The lowest BCUT2D eigenvalue weighted by molar-refractivity contribution is -0.385. The van der Waals surface area contributed by atoms with Gasteiger partial charge in [-0.3, -0.25) is 15.5 Å². The summed E-state index contributed by atoms with van der Waals surface area (Å²) in [5.41, 5.74) is 6.48. The molecule has 7 nitrogen and oxygen atoms in total. The summed E-state index contributed by atoms with van der Waals surface area (Å²) in [6.45, 7) is 6.79. The molecule has 0 saturated carbocycles. The molecule has 136 valence electrons. The molecule has 1 aliphatic heterocycles. The van der Waals surface area contributed by atoms with Gasteiger partial charge in [-0.05, 0) is 55.5 Å². The third-order valence-corrected chi connectivity index (χ3v) is 5.01. The van der Waals surface area contributed by atoms with Gasteiger partial charge in [0, 0.05) is 24.3 Å². The minimum Gasteiger partial charge on any atom is -0.369 e. The number of fused-ring (bicyclic) bond motifs is 1. The Balaban J connectivity index is 1.74. The first kappa shape index (κ1) is 17.8. The normalized spacial score (nSPS) is 18.6. The average Bonchev–Trinajstić information content (AvgIpc) is 2.60. The van der Waals surface area contributed by atoms with Crippen molar-refractivity contribution in [2.75, 3.05) is 17.4 Å². The van der Waals surface area contributed by atoms with Gasteiger partial charge in [0.05, 0.1) is 11.1 Å². The van der Waals surface area contributed by atoms with Crippen molar-refractivity contribution in [1.29, 1.82) is 0 Å². The third-order valence-electron chi connectivity index (χ3n) is 5.01. The van der Waals surface area contributed by atoms with Crippen LogP contribution in [0, 0.1) is 10.1 Å². The minimum absolute atomic E-state index is 0.0461. The van der Waals surface area contributed by atoms with E-state index in [1.165, 1.54) is 29.6 Å². The molecule has 0 saturated heterocycles. The molecular weight excluding hydrogens is 330 g/mol. The fraction of sp³-hybridized carbons (Fsp3) is 0.368. The molecule has 7 heteroatoms. The first-order valence-corrected chi connectivity index (χ1v) is 8.55. The van der Waals surface area contributed by atoms with Crippen molar-refractivity contribution in [3.63, 3.8) is 0 Å². The van der Waals surface area contributed by atoms with Crippen molar-refractivity contribution in [2.24, 2.45) is 5.10 Å². The summed E-state index contributed by atoms with van der Waals surface area (Å²) in [6, 6.07) is 9.26. The maximum absolute atomic E-state index is 10.6. The Morgan fingerprint density at radius 2 is 2.15 bits per heavy atom. The Labute approximate surface area is 152 Å². The van der Waals surface area contributed by atoms with Gasteiger partial charge in [-0.2, -0.15) is 5.10 Å². The van der Waals surface area contributed by atoms with Gasteiger partial charge in [-0.15, -0.1) is 0 Å². The van der Waals surface area contributed by atoms with Crippen molar-refractivity contribution in [2.45, 2.75) is 38.6 Å². The van der Waals surface area contributed by atoms with Gasteiger partial charge in [0.2, 0.25) is 0 Å². The van der Waals surface area contributed by atoms with E-state index < -0.39 is 4.92 Å². The summed E-state index contributed by atoms with van der Waals surface area (Å²) in [7, 11) is 2.14. The lowest BCUT2D eigenvalue weighted by atomic mass is 9.80. The molecule has 0 amide bonds. The van der Waals surface area contributed by atoms with Crippen molar-refractivity contribution < 1.29 is 4.92 Å². The van der Waals surface area contributed by atoms with Crippen LogP contribution in [0.5, 0.6) is 0 Å². The quantitative estimate of drug-likeness (QED) is 0.507. The van der Waals surface area contributed by atoms with E-state index in [4.69, 9.17) is 0 Å². The standard InChI is InChI=1S/C19H23N5O2/c1-13-10-19(2,3)23(4)17-7-5-14(9-16(13)17)11-21-22-18-8-6-15(12-20-18)24(25)26/h5-9,11-13H,10H2,1-4H3,(H,20,22)/b21-11-. The van der Waals surface area contributed by atoms with Gasteiger partial charge >= 0.3 is 0 Å². The maximum Gasteiger partial charge on any atom is 0.287 e. The van der Waals surface area contributed by atoms with E-state index in [-0.39, 0.29) is 11.2 Å². The summed E-state index contributed by atoms with van der Waals surface area (Å²) < 4.78 is 0. The van der Waals surface area contributed by atoms with Gasteiger partial charge in [0.25, 0.3) is 5.69 Å². The van der Waals surface area contributed by atoms with E-state index in [1.54, 1.807) is 6.21 Å². The van der Waals surface area contributed by atoms with Crippen LogP contribution in [0.25, 0.3) is 0 Å². The predicted molar refractivity (Wildman–Crippen MR) is 104 cm³/mol. The van der Waals surface area contributed by atoms with Gasteiger partial charge in [-0.25, -0.2) is 4.98 Å². The molecule has 0 bridgehead atoms. The summed E-state index contributed by atoms with van der Waals surface area (Å²) in [4.78, 5) is 16.5. The van der Waals surface area contributed by atoms with Crippen molar-refractivity contribution in [3.05, 3.63) is 57.8 Å². The van der Waals surface area contributed by atoms with Crippen LogP contribution in [0.3, 0.4) is 0 Å². The molecule has 2 heterocycles. The second-order valence-corrected chi connectivity index (χ2v) is 7.32. The number of hydrazone groups is 1. The van der Waals surface area contributed by atoms with Crippen LogP contribution in [-0.4, -0.2) is 28.7 Å². The molecule has 3 rings (SSSR count). The Bertz CT molecular complexity index is 846. The maximum atomic E-state index is 10.6. The van der Waals surface area contributed by atoms with Crippen LogP contribution in [-0.2, 0) is 0 Å². The molecule has 0 fully saturated rings. The molecule has 1 atom stereocenters. The molecule has 1 aromatic carbocycles. The van der Waals surface area contributed by atoms with Crippen LogP contribution >= 0.6 is 0 Å². The summed E-state index contributed by atoms with van der Waals surface area (Å²) in [5, 5.41) is 14.8. The number of aromatic nitrogens is 1. The van der Waals surface area contributed by atoms with E-state index >= 15 is 0 Å². The number of benzene rings is 1. The van der Waals surface area contributed by atoms with Crippen molar-refractivity contribution in [3.8, 4) is 0 Å². The number of pyridine rings is 1. The fourth-order valence-corrected chi connectivity index (χ4v) is 3.41. The monoisotopic (exact) mass is 353 g/mol. The smallest absolute Gasteiger partial charge is 0.287 e. The largest absolute Gasteiger partial charge is 0.369 e. The fourth-order valence-electron chi connectivity index (χ4n) is 3.41. The second-order valence-electron chi connectivity index (χ2n) is 7.32. The number of hydrogen-bond acceptors (Lipinski definition) is 6. The van der Waals surface area contributed by atoms with E-state index in [0.29, 0.717) is 11.7 Å². The summed E-state index contributed by atoms with van der Waals surface area (Å²) >= 11 is 0. The molecule has 0 spiro atoms. The number of hydrogen-bond donors (Lipinski definition) is 1. The lowest BCUT2D eigenvalue weighted by Gasteiger charge is -2.45. The summed E-state index contributed by atoms with van der Waals surface area (Å²) in [6.07, 6.45) is 4.04. The molecule has 0 aliphatic carbocycles. The van der Waals surface area contributed by atoms with Gasteiger partial charge in [0.15, 0.2) is 0 Å². The zero-order valence-corrected chi connectivity index (χ0v) is 15.4. The van der Waals surface area contributed by atoms with E-state index in [9.17, 15) is 10.1 Å². The Morgan fingerprint density at radius 3 is 2.81 bits per heavy atom. The van der Waals surface area contributed by atoms with Gasteiger partial charge < -0.3 is 4.90 Å². The molecule has 0 radical (unpaired) electrons. The number of nitro groups is 1. The van der Waals surface area contributed by atoms with Gasteiger partial charge in [0.1, 0.15) is 12.0 Å². The van der Waals surface area contributed by atoms with Crippen LogP contribution in [0.4, 0.5) is 17.2 Å². The third kappa shape index (κ3) is 3.51. The minimum atomic E-state index is -0.480. The molecular formula is C19H23N5O2. The highest BCUT2D eigenvalue weighted by Gasteiger charge is 2.33. The van der Waals surface area contributed by atoms with Crippen molar-refractivity contribution in [1.82, 2.24) is 4.98 Å². The van der Waals surface area contributed by atoms with Gasteiger partial charge in [-0.1, -0.05) is 13.0 Å². The van der Waals surface area contributed by atoms with Crippen LogP contribution in [0.1, 0.15) is 44.2 Å². The number of nitrogens with one attached hydrogen (secondary N) is 1. The predicted octanol–water partition coefficient (Wildman–Crippen LogP) is 4.16. The van der Waals surface area contributed by atoms with Crippen LogP contribution in [0.15, 0.2) is 41.6 Å². The molecule has 1 N–H and O–H groups in total. The number of nitrogens with zero attached hydrogens (tertiary/aromatic N) is 4. The zero-order valence-electron chi connectivity index (χ0n) is 15.4. The SMILES string of the molecule is CC1CC(C)(C)N(C)c2ccc(/C=N\Nc3ccc([N+](=O)[O-])cn3)cc21. The number of anilines is 2. The molecule has 26 heavy (non-hydrogen) atoms. The highest BCUT2D eigenvalue weighted by Crippen LogP contribution is 2.42. The first-order valence-electron chi connectivity index (χ1n) is 8.55. The van der Waals surface area contributed by atoms with Crippen molar-refractivity contribution >= 4 is 23.4 Å². The topological polar surface area (TPSA) is 83.7 Å². The van der Waals surface area contributed by atoms with Crippen LogP contribution in [0.2, 0.25) is 0 Å². The number of rotatable bonds is 4. The Hall–Kier alpha value is -2.96. The van der Waals surface area contributed by atoms with E-state index in [0.717, 1.165) is 12.0 Å². The molecule has 2 aromatic rings. The highest BCUT2D eigenvalue weighted by atomic mass is 16.6. The lowest BCUT2D eigenvalue weighted by Crippen LogP contribution is -2.45. The Morgan fingerprint density at radius 1 is 1.38 bits per heavy atom. The van der Waals surface area contributed by atoms with E-state index in [1.807, 2.05) is 6.07 Å². The van der Waals surface area contributed by atoms with E-state index in [2.05, 4.69) is 60.4 Å². The zero-order chi connectivity index (χ0) is 18.9.